The number of amides is 1. The van der Waals surface area contributed by atoms with Crippen molar-refractivity contribution in [1.82, 2.24) is 5.32 Å². The number of fused-ring (bicyclic) bond motifs is 1. The number of rotatable bonds is 4. The van der Waals surface area contributed by atoms with Crippen molar-refractivity contribution in [3.63, 3.8) is 0 Å². The van der Waals surface area contributed by atoms with Crippen LogP contribution in [-0.4, -0.2) is 18.7 Å². The van der Waals surface area contributed by atoms with Crippen molar-refractivity contribution in [2.75, 3.05) is 6.79 Å². The van der Waals surface area contributed by atoms with E-state index < -0.39 is 0 Å². The van der Waals surface area contributed by atoms with E-state index in [9.17, 15) is 4.79 Å². The highest BCUT2D eigenvalue weighted by atomic mass is 16.7. The Morgan fingerprint density at radius 3 is 2.95 bits per heavy atom. The molecule has 0 radical (unpaired) electrons. The molecular weight excluding hydrogens is 258 g/mol. The fraction of sp³-hybridized carbons (Fsp3) is 0.267. The van der Waals surface area contributed by atoms with Gasteiger partial charge in [-0.25, -0.2) is 0 Å². The fourth-order valence-electron chi connectivity index (χ4n) is 2.16. The number of hydrogen-bond donors (Lipinski definition) is 1. The van der Waals surface area contributed by atoms with Crippen molar-refractivity contribution in [3.05, 3.63) is 47.9 Å². The highest BCUT2D eigenvalue weighted by molar-refractivity contribution is 5.95. The molecule has 1 unspecified atom stereocenters. The van der Waals surface area contributed by atoms with Crippen LogP contribution in [0.15, 0.2) is 41.2 Å². The highest BCUT2D eigenvalue weighted by Crippen LogP contribution is 2.32. The predicted molar refractivity (Wildman–Crippen MR) is 71.9 cm³/mol. The van der Waals surface area contributed by atoms with Crippen molar-refractivity contribution in [3.8, 4) is 11.5 Å². The number of furan rings is 1. The third-order valence-corrected chi connectivity index (χ3v) is 3.13. The van der Waals surface area contributed by atoms with Crippen molar-refractivity contribution in [2.24, 2.45) is 0 Å². The number of carbonyl (C=O) groups is 1. The third-order valence-electron chi connectivity index (χ3n) is 3.13. The first-order valence-electron chi connectivity index (χ1n) is 6.44. The number of benzene rings is 1. The molecule has 2 heterocycles. The van der Waals surface area contributed by atoms with Crippen LogP contribution in [-0.2, 0) is 6.42 Å². The molecule has 5 nitrogen and oxygen atoms in total. The summed E-state index contributed by atoms with van der Waals surface area (Å²) < 4.78 is 15.5. The number of ether oxygens (including phenoxy) is 2. The maximum absolute atomic E-state index is 12.2. The molecule has 1 aliphatic heterocycles. The molecular formula is C15H15NO4. The number of carbonyl (C=O) groups excluding carboxylic acids is 1. The average Bonchev–Trinajstić information content (AvgIpc) is 3.07. The Morgan fingerprint density at radius 2 is 2.15 bits per heavy atom. The van der Waals surface area contributed by atoms with Gasteiger partial charge in [0.05, 0.1) is 12.5 Å². The molecule has 0 saturated carbocycles. The van der Waals surface area contributed by atoms with Crippen LogP contribution in [0.4, 0.5) is 0 Å². The molecule has 3 rings (SSSR count). The van der Waals surface area contributed by atoms with E-state index in [1.165, 1.54) is 0 Å². The van der Waals surface area contributed by atoms with E-state index in [4.69, 9.17) is 13.9 Å². The Labute approximate surface area is 116 Å². The molecule has 1 aliphatic rings. The molecule has 1 amide bonds. The SMILES string of the molecule is CC(Cc1ccoc1)NC(=O)c1ccc2c(c1)OCO2. The monoisotopic (exact) mass is 273 g/mol. The lowest BCUT2D eigenvalue weighted by Gasteiger charge is -2.13. The molecule has 0 bridgehead atoms. The van der Waals surface area contributed by atoms with Crippen LogP contribution in [0.3, 0.4) is 0 Å². The van der Waals surface area contributed by atoms with E-state index in [-0.39, 0.29) is 18.7 Å². The summed E-state index contributed by atoms with van der Waals surface area (Å²) in [5.41, 5.74) is 1.62. The van der Waals surface area contributed by atoms with E-state index in [1.807, 2.05) is 13.0 Å². The van der Waals surface area contributed by atoms with Gasteiger partial charge in [-0.2, -0.15) is 0 Å². The summed E-state index contributed by atoms with van der Waals surface area (Å²) in [6.45, 7) is 2.16. The van der Waals surface area contributed by atoms with Gasteiger partial charge in [-0.15, -0.1) is 0 Å². The summed E-state index contributed by atoms with van der Waals surface area (Å²) in [5, 5.41) is 2.95. The van der Waals surface area contributed by atoms with Gasteiger partial charge in [-0.05, 0) is 43.2 Å². The molecule has 2 aromatic rings. The molecule has 20 heavy (non-hydrogen) atoms. The van der Waals surface area contributed by atoms with Crippen LogP contribution in [0, 0.1) is 0 Å². The Hall–Kier alpha value is -2.43. The second-order valence-electron chi connectivity index (χ2n) is 4.78. The number of hydrogen-bond acceptors (Lipinski definition) is 4. The van der Waals surface area contributed by atoms with Gasteiger partial charge >= 0.3 is 0 Å². The topological polar surface area (TPSA) is 60.7 Å². The Kier molecular flexibility index (Phi) is 3.33. The average molecular weight is 273 g/mol. The largest absolute Gasteiger partial charge is 0.472 e. The normalized spacial score (nSPS) is 14.1. The first-order valence-corrected chi connectivity index (χ1v) is 6.44. The van der Waals surface area contributed by atoms with Crippen LogP contribution < -0.4 is 14.8 Å². The third kappa shape index (κ3) is 2.61. The summed E-state index contributed by atoms with van der Waals surface area (Å²) in [4.78, 5) is 12.2. The van der Waals surface area contributed by atoms with Gasteiger partial charge in [-0.1, -0.05) is 0 Å². The number of nitrogens with one attached hydrogen (secondary N) is 1. The van der Waals surface area contributed by atoms with Crippen molar-refractivity contribution < 1.29 is 18.7 Å². The van der Waals surface area contributed by atoms with Crippen LogP contribution in [0.5, 0.6) is 11.5 Å². The summed E-state index contributed by atoms with van der Waals surface area (Å²) in [5.74, 6) is 1.16. The maximum Gasteiger partial charge on any atom is 0.251 e. The molecule has 0 aliphatic carbocycles. The van der Waals surface area contributed by atoms with Crippen LogP contribution in [0.1, 0.15) is 22.8 Å². The van der Waals surface area contributed by atoms with Crippen molar-refractivity contribution in [2.45, 2.75) is 19.4 Å². The molecule has 5 heteroatoms. The minimum Gasteiger partial charge on any atom is -0.472 e. The van der Waals surface area contributed by atoms with E-state index >= 15 is 0 Å². The van der Waals surface area contributed by atoms with Gasteiger partial charge < -0.3 is 19.2 Å². The molecule has 0 saturated heterocycles. The molecule has 1 aromatic heterocycles. The second-order valence-corrected chi connectivity index (χ2v) is 4.78. The van der Waals surface area contributed by atoms with Crippen molar-refractivity contribution in [1.29, 1.82) is 0 Å². The van der Waals surface area contributed by atoms with Gasteiger partial charge in [0.25, 0.3) is 5.91 Å². The fourth-order valence-corrected chi connectivity index (χ4v) is 2.16. The zero-order valence-corrected chi connectivity index (χ0v) is 11.1. The van der Waals surface area contributed by atoms with Gasteiger partial charge in [0.1, 0.15) is 0 Å². The van der Waals surface area contributed by atoms with E-state index in [0.717, 1.165) is 12.0 Å². The summed E-state index contributed by atoms with van der Waals surface area (Å²) in [7, 11) is 0. The molecule has 0 fully saturated rings. The second kappa shape index (κ2) is 5.28. The Bertz CT molecular complexity index is 606. The Balaban J connectivity index is 1.64. The Morgan fingerprint density at radius 1 is 1.30 bits per heavy atom. The standard InChI is InChI=1S/C15H15NO4/c1-10(6-11-4-5-18-8-11)16-15(17)12-2-3-13-14(7-12)20-9-19-13/h2-5,7-8,10H,6,9H2,1H3,(H,16,17). The zero-order chi connectivity index (χ0) is 13.9. The zero-order valence-electron chi connectivity index (χ0n) is 11.1. The smallest absolute Gasteiger partial charge is 0.251 e. The lowest BCUT2D eigenvalue weighted by molar-refractivity contribution is 0.0939. The first kappa shape index (κ1) is 12.6. The predicted octanol–water partition coefficient (Wildman–Crippen LogP) is 2.37. The van der Waals surface area contributed by atoms with Crippen LogP contribution in [0.25, 0.3) is 0 Å². The quantitative estimate of drug-likeness (QED) is 0.929. The van der Waals surface area contributed by atoms with E-state index in [2.05, 4.69) is 5.32 Å². The molecule has 1 aromatic carbocycles. The molecule has 1 atom stereocenters. The molecule has 104 valence electrons. The molecule has 1 N–H and O–H groups in total. The highest BCUT2D eigenvalue weighted by Gasteiger charge is 2.17. The summed E-state index contributed by atoms with van der Waals surface area (Å²) >= 11 is 0. The van der Waals surface area contributed by atoms with Gasteiger partial charge in [0, 0.05) is 11.6 Å². The van der Waals surface area contributed by atoms with Gasteiger partial charge in [0.2, 0.25) is 6.79 Å². The van der Waals surface area contributed by atoms with Gasteiger partial charge in [0.15, 0.2) is 11.5 Å². The van der Waals surface area contributed by atoms with Crippen LogP contribution in [0.2, 0.25) is 0 Å². The van der Waals surface area contributed by atoms with Crippen molar-refractivity contribution >= 4 is 5.91 Å². The summed E-state index contributed by atoms with van der Waals surface area (Å²) in [6, 6.07) is 7.09. The molecule has 0 spiro atoms. The minimum absolute atomic E-state index is 0.0190. The van der Waals surface area contributed by atoms with E-state index in [1.54, 1.807) is 30.7 Å². The maximum atomic E-state index is 12.2. The lowest BCUT2D eigenvalue weighted by atomic mass is 10.1. The first-order chi connectivity index (χ1) is 9.72. The van der Waals surface area contributed by atoms with E-state index in [0.29, 0.717) is 17.1 Å². The minimum atomic E-state index is -0.126. The summed E-state index contributed by atoms with van der Waals surface area (Å²) in [6.07, 6.45) is 4.04. The van der Waals surface area contributed by atoms with Gasteiger partial charge in [-0.3, -0.25) is 4.79 Å². The lowest BCUT2D eigenvalue weighted by Crippen LogP contribution is -2.33. The van der Waals surface area contributed by atoms with Crippen LogP contribution >= 0.6 is 0 Å².